The molecule has 0 aliphatic carbocycles. The molecule has 0 spiro atoms. The van der Waals surface area contributed by atoms with Gasteiger partial charge in [-0.15, -0.1) is 0 Å². The van der Waals surface area contributed by atoms with Crippen molar-refractivity contribution in [1.29, 1.82) is 0 Å². The molecule has 1 N–H and O–H groups in total. The number of rotatable bonds is 6. The maximum absolute atomic E-state index is 13.1. The van der Waals surface area contributed by atoms with Gasteiger partial charge in [-0.2, -0.15) is 0 Å². The second-order valence-corrected chi connectivity index (χ2v) is 7.21. The molecule has 1 fully saturated rings. The topological polar surface area (TPSA) is 93.8 Å². The highest BCUT2D eigenvalue weighted by Gasteiger charge is 2.34. The second kappa shape index (κ2) is 8.57. The number of hydrogen-bond donors (Lipinski definition) is 1. The number of hydrogen-bond acceptors (Lipinski definition) is 6. The third-order valence-corrected chi connectivity index (χ3v) is 5.13. The van der Waals surface area contributed by atoms with E-state index in [1.165, 1.54) is 17.2 Å². The number of carbonyl (C=O) groups is 3. The Morgan fingerprint density at radius 1 is 1.23 bits per heavy atom. The molecule has 1 aliphatic rings. The Kier molecular flexibility index (Phi) is 5.68. The first-order chi connectivity index (χ1) is 15.0. The number of amides is 2. The predicted octanol–water partition coefficient (Wildman–Crippen LogP) is 2.62. The van der Waals surface area contributed by atoms with E-state index >= 15 is 0 Å². The summed E-state index contributed by atoms with van der Waals surface area (Å²) in [7, 11) is 0. The van der Waals surface area contributed by atoms with E-state index in [1.807, 2.05) is 24.3 Å². The Morgan fingerprint density at radius 2 is 2.03 bits per heavy atom. The lowest BCUT2D eigenvalue weighted by atomic mass is 10.1. The van der Waals surface area contributed by atoms with Crippen LogP contribution < -0.4 is 5.32 Å². The quantitative estimate of drug-likeness (QED) is 0.276. The zero-order valence-corrected chi connectivity index (χ0v) is 17.5. The lowest BCUT2D eigenvalue weighted by Crippen LogP contribution is -2.53. The molecule has 0 atom stereocenters. The Labute approximate surface area is 183 Å². The van der Waals surface area contributed by atoms with Gasteiger partial charge in [0.15, 0.2) is 5.11 Å². The number of ether oxygens (including phenoxy) is 1. The molecule has 2 aromatic heterocycles. The molecule has 1 saturated heterocycles. The second-order valence-electron chi connectivity index (χ2n) is 6.82. The number of thiocarbonyl (C=S) groups is 1. The van der Waals surface area contributed by atoms with Gasteiger partial charge >= 0.3 is 5.97 Å². The van der Waals surface area contributed by atoms with Gasteiger partial charge in [0.2, 0.25) is 0 Å². The first-order valence-corrected chi connectivity index (χ1v) is 10.0. The van der Waals surface area contributed by atoms with Crippen LogP contribution >= 0.6 is 12.2 Å². The van der Waals surface area contributed by atoms with Gasteiger partial charge in [-0.1, -0.05) is 18.2 Å². The molecule has 4 rings (SSSR count). The number of aromatic nitrogens is 1. The summed E-state index contributed by atoms with van der Waals surface area (Å²) >= 11 is 5.17. The Balaban J connectivity index is 1.71. The fourth-order valence-corrected chi connectivity index (χ4v) is 3.66. The predicted molar refractivity (Wildman–Crippen MR) is 117 cm³/mol. The van der Waals surface area contributed by atoms with Crippen molar-refractivity contribution in [1.82, 2.24) is 14.8 Å². The van der Waals surface area contributed by atoms with Crippen LogP contribution in [0.15, 0.2) is 58.8 Å². The molecule has 1 aliphatic heterocycles. The van der Waals surface area contributed by atoms with Crippen LogP contribution in [-0.4, -0.2) is 39.0 Å². The summed E-state index contributed by atoms with van der Waals surface area (Å²) in [6.45, 7) is 2.15. The van der Waals surface area contributed by atoms with Crippen LogP contribution in [0, 0.1) is 0 Å². The smallest absolute Gasteiger partial charge is 0.325 e. The maximum Gasteiger partial charge on any atom is 0.325 e. The largest absolute Gasteiger partial charge is 0.467 e. The van der Waals surface area contributed by atoms with Crippen molar-refractivity contribution in [3.05, 3.63) is 65.8 Å². The summed E-state index contributed by atoms with van der Waals surface area (Å²) in [5.41, 5.74) is 1.36. The van der Waals surface area contributed by atoms with Crippen LogP contribution in [-0.2, 0) is 32.2 Å². The van der Waals surface area contributed by atoms with E-state index in [2.05, 4.69) is 5.32 Å². The Bertz CT molecular complexity index is 1210. The molecule has 9 heteroatoms. The average Bonchev–Trinajstić information content (AvgIpc) is 3.37. The minimum absolute atomic E-state index is 0.0202. The molecule has 0 saturated carbocycles. The van der Waals surface area contributed by atoms with Gasteiger partial charge < -0.3 is 13.7 Å². The van der Waals surface area contributed by atoms with Crippen molar-refractivity contribution in [3.63, 3.8) is 0 Å². The summed E-state index contributed by atoms with van der Waals surface area (Å²) in [5, 5.41) is 3.37. The van der Waals surface area contributed by atoms with Crippen LogP contribution in [0.3, 0.4) is 0 Å². The first-order valence-electron chi connectivity index (χ1n) is 9.62. The van der Waals surface area contributed by atoms with E-state index in [0.29, 0.717) is 11.3 Å². The van der Waals surface area contributed by atoms with Gasteiger partial charge in [0.25, 0.3) is 11.8 Å². The highest BCUT2D eigenvalue weighted by Crippen LogP contribution is 2.25. The number of nitrogens with zero attached hydrogens (tertiary/aromatic N) is 2. The molecular weight excluding hydrogens is 418 g/mol. The maximum atomic E-state index is 13.1. The number of carbonyl (C=O) groups excluding carboxylic acids is 3. The van der Waals surface area contributed by atoms with Crippen LogP contribution in [0.5, 0.6) is 0 Å². The standard InChI is InChI=1S/C22H19N3O5S/c1-2-29-19(26)13-24-11-14(16-7-3-4-8-18(16)24)10-17-20(27)23-22(31)25(21(17)28)12-15-6-5-9-30-15/h3-11H,2,12-13H2,1H3,(H,23,27,31)/b17-10+. The molecule has 3 heterocycles. The Hall–Kier alpha value is -3.72. The molecular formula is C22H19N3O5S. The SMILES string of the molecule is CCOC(=O)Cn1cc(/C=C2\C(=O)NC(=S)N(Cc3ccco3)C2=O)c2ccccc21. The highest BCUT2D eigenvalue weighted by atomic mass is 32.1. The minimum Gasteiger partial charge on any atom is -0.467 e. The molecule has 3 aromatic rings. The van der Waals surface area contributed by atoms with E-state index in [1.54, 1.807) is 29.8 Å². The molecule has 158 valence electrons. The van der Waals surface area contributed by atoms with Crippen molar-refractivity contribution >= 4 is 52.1 Å². The van der Waals surface area contributed by atoms with Gasteiger partial charge in [0.1, 0.15) is 17.9 Å². The molecule has 2 amide bonds. The van der Waals surface area contributed by atoms with Crippen LogP contribution in [0.4, 0.5) is 0 Å². The van der Waals surface area contributed by atoms with Gasteiger partial charge in [0.05, 0.1) is 19.4 Å². The molecule has 0 bridgehead atoms. The van der Waals surface area contributed by atoms with Gasteiger partial charge in [-0.25, -0.2) is 0 Å². The van der Waals surface area contributed by atoms with E-state index in [0.717, 1.165) is 10.9 Å². The molecule has 31 heavy (non-hydrogen) atoms. The fourth-order valence-electron chi connectivity index (χ4n) is 3.42. The van der Waals surface area contributed by atoms with E-state index < -0.39 is 11.8 Å². The fraction of sp³-hybridized carbons (Fsp3) is 0.182. The lowest BCUT2D eigenvalue weighted by molar-refractivity contribution is -0.143. The van der Waals surface area contributed by atoms with Gasteiger partial charge in [-0.05, 0) is 43.4 Å². The van der Waals surface area contributed by atoms with Gasteiger partial charge in [-0.3, -0.25) is 24.6 Å². The summed E-state index contributed by atoms with van der Waals surface area (Å²) in [6.07, 6.45) is 4.73. The van der Waals surface area contributed by atoms with Crippen LogP contribution in [0.2, 0.25) is 0 Å². The van der Waals surface area contributed by atoms with Crippen molar-refractivity contribution in [2.75, 3.05) is 6.61 Å². The number of esters is 1. The van der Waals surface area contributed by atoms with E-state index in [9.17, 15) is 14.4 Å². The molecule has 1 aromatic carbocycles. The number of nitrogens with one attached hydrogen (secondary N) is 1. The van der Waals surface area contributed by atoms with Gasteiger partial charge in [0, 0.05) is 22.7 Å². The molecule has 8 nitrogen and oxygen atoms in total. The van der Waals surface area contributed by atoms with Crippen molar-refractivity contribution in [2.24, 2.45) is 0 Å². The third kappa shape index (κ3) is 4.13. The number of benzene rings is 1. The normalized spacial score (nSPS) is 15.6. The van der Waals surface area contributed by atoms with Crippen LogP contribution in [0.1, 0.15) is 18.2 Å². The van der Waals surface area contributed by atoms with E-state index in [4.69, 9.17) is 21.4 Å². The first kappa shape index (κ1) is 20.5. The highest BCUT2D eigenvalue weighted by molar-refractivity contribution is 7.80. The minimum atomic E-state index is -0.576. The van der Waals surface area contributed by atoms with Crippen molar-refractivity contribution < 1.29 is 23.5 Å². The molecule has 0 radical (unpaired) electrons. The van der Waals surface area contributed by atoms with Crippen molar-refractivity contribution in [2.45, 2.75) is 20.0 Å². The summed E-state index contributed by atoms with van der Waals surface area (Å²) in [6, 6.07) is 10.8. The zero-order valence-electron chi connectivity index (χ0n) is 16.7. The number of furan rings is 1. The Morgan fingerprint density at radius 3 is 2.77 bits per heavy atom. The number of fused-ring (bicyclic) bond motifs is 1. The lowest BCUT2D eigenvalue weighted by Gasteiger charge is -2.28. The zero-order chi connectivity index (χ0) is 22.0. The monoisotopic (exact) mass is 437 g/mol. The average molecular weight is 437 g/mol. The molecule has 0 unspecified atom stereocenters. The van der Waals surface area contributed by atoms with Crippen LogP contribution in [0.25, 0.3) is 17.0 Å². The summed E-state index contributed by atoms with van der Waals surface area (Å²) in [5.74, 6) is -0.929. The van der Waals surface area contributed by atoms with E-state index in [-0.39, 0.29) is 36.4 Å². The summed E-state index contributed by atoms with van der Waals surface area (Å²) in [4.78, 5) is 38.9. The van der Waals surface area contributed by atoms with Crippen molar-refractivity contribution in [3.8, 4) is 0 Å². The number of para-hydroxylation sites is 1. The summed E-state index contributed by atoms with van der Waals surface area (Å²) < 4.78 is 12.1. The third-order valence-electron chi connectivity index (χ3n) is 4.80.